The highest BCUT2D eigenvalue weighted by atomic mass is 32.2. The first kappa shape index (κ1) is 14.6. The van der Waals surface area contributed by atoms with Crippen molar-refractivity contribution in [2.75, 3.05) is 16.7 Å². The van der Waals surface area contributed by atoms with Crippen molar-refractivity contribution in [2.45, 2.75) is 17.7 Å². The third-order valence-corrected chi connectivity index (χ3v) is 5.04. The number of rotatable bonds is 3. The lowest BCUT2D eigenvalue weighted by Gasteiger charge is -2.26. The third-order valence-electron chi connectivity index (χ3n) is 3.66. The standard InChI is InChI=1S/C14H16N4O3S/c1-17-9-11(8-15-17)16-22(20,21)12-4-5-13-10(7-12)3-6-14(19)18(13)2/h4-5,7-9,16H,3,6H2,1-2H3. The van der Waals surface area contributed by atoms with Crippen molar-refractivity contribution in [2.24, 2.45) is 7.05 Å². The molecule has 0 spiro atoms. The zero-order chi connectivity index (χ0) is 15.9. The Morgan fingerprint density at radius 2 is 2.00 bits per heavy atom. The average Bonchev–Trinajstić information content (AvgIpc) is 2.87. The van der Waals surface area contributed by atoms with E-state index in [4.69, 9.17) is 0 Å². The van der Waals surface area contributed by atoms with Gasteiger partial charge in [0.05, 0.1) is 16.8 Å². The SMILES string of the molecule is CN1C(=O)CCc2cc(S(=O)(=O)Nc3cnn(C)c3)ccc21. The summed E-state index contributed by atoms with van der Waals surface area (Å²) in [7, 11) is -0.263. The van der Waals surface area contributed by atoms with Crippen LogP contribution in [0.5, 0.6) is 0 Å². The number of amides is 1. The Hall–Kier alpha value is -2.35. The van der Waals surface area contributed by atoms with Gasteiger partial charge in [0.1, 0.15) is 0 Å². The molecule has 2 heterocycles. The molecule has 0 radical (unpaired) electrons. The van der Waals surface area contributed by atoms with Crippen molar-refractivity contribution >= 4 is 27.3 Å². The minimum Gasteiger partial charge on any atom is -0.315 e. The second-order valence-corrected chi connectivity index (χ2v) is 6.93. The van der Waals surface area contributed by atoms with E-state index in [0.29, 0.717) is 18.5 Å². The molecule has 1 amide bonds. The van der Waals surface area contributed by atoms with Gasteiger partial charge in [-0.1, -0.05) is 0 Å². The van der Waals surface area contributed by atoms with Gasteiger partial charge < -0.3 is 4.90 Å². The zero-order valence-corrected chi connectivity index (χ0v) is 13.1. The molecule has 7 nitrogen and oxygen atoms in total. The highest BCUT2D eigenvalue weighted by molar-refractivity contribution is 7.92. The molecule has 8 heteroatoms. The number of nitrogens with one attached hydrogen (secondary N) is 1. The first-order valence-corrected chi connectivity index (χ1v) is 8.26. The molecule has 0 saturated carbocycles. The number of aromatic nitrogens is 2. The molecule has 1 aliphatic rings. The molecular formula is C14H16N4O3S. The topological polar surface area (TPSA) is 84.3 Å². The van der Waals surface area contributed by atoms with Gasteiger partial charge in [-0.15, -0.1) is 0 Å². The summed E-state index contributed by atoms with van der Waals surface area (Å²) in [5.74, 6) is 0.0385. The normalized spacial score (nSPS) is 14.8. The highest BCUT2D eigenvalue weighted by Gasteiger charge is 2.23. The molecule has 22 heavy (non-hydrogen) atoms. The molecule has 1 aromatic carbocycles. The molecule has 2 aromatic rings. The molecule has 0 atom stereocenters. The van der Waals surface area contributed by atoms with Gasteiger partial charge >= 0.3 is 0 Å². The van der Waals surface area contributed by atoms with Crippen LogP contribution in [0.25, 0.3) is 0 Å². The van der Waals surface area contributed by atoms with E-state index in [9.17, 15) is 13.2 Å². The van der Waals surface area contributed by atoms with Crippen LogP contribution in [0, 0.1) is 0 Å². The van der Waals surface area contributed by atoms with E-state index in [0.717, 1.165) is 11.3 Å². The fourth-order valence-corrected chi connectivity index (χ4v) is 3.57. The second-order valence-electron chi connectivity index (χ2n) is 5.25. The fourth-order valence-electron chi connectivity index (χ4n) is 2.49. The van der Waals surface area contributed by atoms with Gasteiger partial charge in [-0.05, 0) is 30.2 Å². The summed E-state index contributed by atoms with van der Waals surface area (Å²) in [6, 6.07) is 4.80. The van der Waals surface area contributed by atoms with Crippen LogP contribution in [0.3, 0.4) is 0 Å². The number of sulfonamides is 1. The molecule has 0 bridgehead atoms. The molecule has 0 saturated heterocycles. The maximum Gasteiger partial charge on any atom is 0.262 e. The number of carbonyl (C=O) groups is 1. The Morgan fingerprint density at radius 1 is 1.23 bits per heavy atom. The van der Waals surface area contributed by atoms with Crippen molar-refractivity contribution in [3.63, 3.8) is 0 Å². The van der Waals surface area contributed by atoms with Gasteiger partial charge in [0.15, 0.2) is 0 Å². The van der Waals surface area contributed by atoms with Gasteiger partial charge in [-0.3, -0.25) is 14.2 Å². The van der Waals surface area contributed by atoms with E-state index < -0.39 is 10.0 Å². The number of anilines is 2. The Labute approximate surface area is 128 Å². The molecule has 1 aromatic heterocycles. The monoisotopic (exact) mass is 320 g/mol. The second kappa shape index (κ2) is 5.13. The van der Waals surface area contributed by atoms with Crippen LogP contribution in [0.15, 0.2) is 35.5 Å². The number of carbonyl (C=O) groups excluding carboxylic acids is 1. The van der Waals surface area contributed by atoms with E-state index in [1.807, 2.05) is 0 Å². The maximum absolute atomic E-state index is 12.4. The van der Waals surface area contributed by atoms with Crippen LogP contribution in [0.1, 0.15) is 12.0 Å². The minimum atomic E-state index is -3.67. The largest absolute Gasteiger partial charge is 0.315 e. The first-order chi connectivity index (χ1) is 10.4. The van der Waals surface area contributed by atoms with E-state index >= 15 is 0 Å². The molecule has 0 fully saturated rings. The summed E-state index contributed by atoms with van der Waals surface area (Å²) in [6.45, 7) is 0. The Bertz CT molecular complexity index is 842. The number of benzene rings is 1. The highest BCUT2D eigenvalue weighted by Crippen LogP contribution is 2.29. The number of hydrogen-bond acceptors (Lipinski definition) is 4. The molecular weight excluding hydrogens is 304 g/mol. The fraction of sp³-hybridized carbons (Fsp3) is 0.286. The molecule has 0 unspecified atom stereocenters. The van der Waals surface area contributed by atoms with E-state index in [1.165, 1.54) is 16.9 Å². The van der Waals surface area contributed by atoms with Crippen molar-refractivity contribution in [3.05, 3.63) is 36.2 Å². The Morgan fingerprint density at radius 3 is 2.68 bits per heavy atom. The predicted molar refractivity (Wildman–Crippen MR) is 82.2 cm³/mol. The van der Waals surface area contributed by atoms with Gasteiger partial charge in [0.2, 0.25) is 5.91 Å². The van der Waals surface area contributed by atoms with E-state index in [1.54, 1.807) is 37.3 Å². The number of fused-ring (bicyclic) bond motifs is 1. The Balaban J connectivity index is 1.93. The van der Waals surface area contributed by atoms with Crippen LogP contribution in [0.4, 0.5) is 11.4 Å². The molecule has 1 N–H and O–H groups in total. The van der Waals surface area contributed by atoms with Gasteiger partial charge in [-0.25, -0.2) is 8.42 Å². The summed E-state index contributed by atoms with van der Waals surface area (Å²) in [5, 5.41) is 3.93. The summed E-state index contributed by atoms with van der Waals surface area (Å²) < 4.78 is 28.8. The van der Waals surface area contributed by atoms with Crippen LogP contribution in [-0.4, -0.2) is 31.2 Å². The zero-order valence-electron chi connectivity index (χ0n) is 12.3. The third kappa shape index (κ3) is 2.57. The number of nitrogens with zero attached hydrogens (tertiary/aromatic N) is 3. The van der Waals surface area contributed by atoms with Crippen molar-refractivity contribution in [1.82, 2.24) is 9.78 Å². The number of aryl methyl sites for hydroxylation is 2. The minimum absolute atomic E-state index is 0.0385. The van der Waals surface area contributed by atoms with Gasteiger partial charge in [0.25, 0.3) is 10.0 Å². The average molecular weight is 320 g/mol. The lowest BCUT2D eigenvalue weighted by Crippen LogP contribution is -2.31. The van der Waals surface area contributed by atoms with E-state index in [2.05, 4.69) is 9.82 Å². The number of hydrogen-bond donors (Lipinski definition) is 1. The summed E-state index contributed by atoms with van der Waals surface area (Å²) in [4.78, 5) is 13.4. The van der Waals surface area contributed by atoms with Crippen molar-refractivity contribution < 1.29 is 13.2 Å². The van der Waals surface area contributed by atoms with Crippen molar-refractivity contribution in [3.8, 4) is 0 Å². The molecule has 1 aliphatic heterocycles. The van der Waals surface area contributed by atoms with Gasteiger partial charge in [0, 0.05) is 32.4 Å². The van der Waals surface area contributed by atoms with Crippen molar-refractivity contribution in [1.29, 1.82) is 0 Å². The molecule has 0 aliphatic carbocycles. The quantitative estimate of drug-likeness (QED) is 0.919. The van der Waals surface area contributed by atoms with Crippen LogP contribution in [-0.2, 0) is 28.3 Å². The molecule has 3 rings (SSSR count). The maximum atomic E-state index is 12.4. The molecule has 116 valence electrons. The summed E-state index contributed by atoms with van der Waals surface area (Å²) >= 11 is 0. The van der Waals surface area contributed by atoms with Crippen LogP contribution >= 0.6 is 0 Å². The lowest BCUT2D eigenvalue weighted by molar-refractivity contribution is -0.118. The lowest BCUT2D eigenvalue weighted by atomic mass is 10.0. The Kier molecular flexibility index (Phi) is 3.40. The smallest absolute Gasteiger partial charge is 0.262 e. The summed E-state index contributed by atoms with van der Waals surface area (Å²) in [6.07, 6.45) is 3.97. The van der Waals surface area contributed by atoms with Crippen LogP contribution < -0.4 is 9.62 Å². The predicted octanol–water partition coefficient (Wildman–Crippen LogP) is 1.13. The van der Waals surface area contributed by atoms with Crippen LogP contribution in [0.2, 0.25) is 0 Å². The van der Waals surface area contributed by atoms with E-state index in [-0.39, 0.29) is 10.8 Å². The van der Waals surface area contributed by atoms with Gasteiger partial charge in [-0.2, -0.15) is 5.10 Å². The first-order valence-electron chi connectivity index (χ1n) is 6.78. The summed E-state index contributed by atoms with van der Waals surface area (Å²) in [5.41, 5.74) is 2.03.